The molecule has 0 spiro atoms. The highest BCUT2D eigenvalue weighted by molar-refractivity contribution is 7.98. The molecule has 2 aromatic heterocycles. The van der Waals surface area contributed by atoms with Gasteiger partial charge in [-0.2, -0.15) is 10.5 Å². The number of aromatic nitrogens is 2. The minimum Gasteiger partial charge on any atom is -0.492 e. The first-order valence-corrected chi connectivity index (χ1v) is 17.9. The molecule has 5 rings (SSSR count). The van der Waals surface area contributed by atoms with Crippen LogP contribution in [-0.4, -0.2) is 65.8 Å². The molecule has 2 aromatic carbocycles. The summed E-state index contributed by atoms with van der Waals surface area (Å²) in [7, 11) is 0. The predicted octanol–water partition coefficient (Wildman–Crippen LogP) is 6.11. The van der Waals surface area contributed by atoms with Crippen molar-refractivity contribution < 1.29 is 19.4 Å². The van der Waals surface area contributed by atoms with Crippen molar-refractivity contribution in [3.8, 4) is 39.6 Å². The predicted molar refractivity (Wildman–Crippen MR) is 191 cm³/mol. The number of benzene rings is 2. The Morgan fingerprint density at radius 1 is 1.04 bits per heavy atom. The summed E-state index contributed by atoms with van der Waals surface area (Å²) in [6, 6.07) is 18.6. The quantitative estimate of drug-likeness (QED) is 0.0961. The number of hydrogen-bond donors (Lipinski definition) is 3. The van der Waals surface area contributed by atoms with E-state index in [4.69, 9.17) is 31.4 Å². The molecule has 3 N–H and O–H groups in total. The molecule has 1 atom stereocenters. The van der Waals surface area contributed by atoms with Gasteiger partial charge in [0.05, 0.1) is 11.3 Å². The second-order valence-corrected chi connectivity index (χ2v) is 13.5. The standard InChI is InChI=1S/C35H34ClN7O4S2/c1-22(35(45)46)40-30(44)12-13-39-14-17-47-27-10-6-23(7-11-27)31-28(18-37)32(43-15-2-3-16-43)42-34(29(31)19-38)49-21-26-20-48-33(41-26)24-4-8-25(36)9-5-24/h4-11,20,22,39H,2-3,12-17,21H2,1H3,(H,40,44)(H,45,46)/t22-/m0/s1. The van der Waals surface area contributed by atoms with Crippen LogP contribution >= 0.6 is 34.7 Å². The topological polar surface area (TPSA) is 164 Å². The van der Waals surface area contributed by atoms with Gasteiger partial charge in [-0.05, 0) is 49.6 Å². The van der Waals surface area contributed by atoms with Gasteiger partial charge in [0.15, 0.2) is 0 Å². The molecule has 3 heterocycles. The van der Waals surface area contributed by atoms with Crippen molar-refractivity contribution in [1.29, 1.82) is 10.5 Å². The molecule has 1 saturated heterocycles. The molecule has 252 valence electrons. The third kappa shape index (κ3) is 9.28. The van der Waals surface area contributed by atoms with Gasteiger partial charge in [-0.3, -0.25) is 9.59 Å². The number of carbonyl (C=O) groups is 2. The largest absolute Gasteiger partial charge is 0.492 e. The third-order valence-corrected chi connectivity index (χ3v) is 9.94. The van der Waals surface area contributed by atoms with Crippen molar-refractivity contribution in [3.63, 3.8) is 0 Å². The Morgan fingerprint density at radius 2 is 1.73 bits per heavy atom. The lowest BCUT2D eigenvalue weighted by molar-refractivity contribution is -0.141. The highest BCUT2D eigenvalue weighted by Crippen LogP contribution is 2.40. The smallest absolute Gasteiger partial charge is 0.325 e. The second-order valence-electron chi connectivity index (χ2n) is 11.2. The van der Waals surface area contributed by atoms with Gasteiger partial charge in [-0.15, -0.1) is 11.3 Å². The molecular formula is C35H34ClN7O4S2. The fourth-order valence-corrected chi connectivity index (χ4v) is 7.15. The number of anilines is 1. The normalized spacial score (nSPS) is 13.0. The first-order valence-electron chi connectivity index (χ1n) is 15.7. The van der Waals surface area contributed by atoms with E-state index in [1.807, 2.05) is 41.8 Å². The maximum Gasteiger partial charge on any atom is 0.325 e. The number of ether oxygens (including phenoxy) is 1. The summed E-state index contributed by atoms with van der Waals surface area (Å²) in [6.45, 7) is 4.19. The monoisotopic (exact) mass is 715 g/mol. The van der Waals surface area contributed by atoms with Crippen LogP contribution in [0.2, 0.25) is 5.02 Å². The molecule has 0 saturated carbocycles. The number of thioether (sulfide) groups is 1. The highest BCUT2D eigenvalue weighted by atomic mass is 35.5. The number of rotatable bonds is 15. The first-order chi connectivity index (χ1) is 23.8. The summed E-state index contributed by atoms with van der Waals surface area (Å²) in [4.78, 5) is 34.5. The third-order valence-electron chi connectivity index (χ3n) is 7.74. The second kappa shape index (κ2) is 17.1. The van der Waals surface area contributed by atoms with E-state index in [-0.39, 0.29) is 12.3 Å². The Kier molecular flexibility index (Phi) is 12.5. The average Bonchev–Trinajstić information content (AvgIpc) is 3.82. The number of nitrogens with one attached hydrogen (secondary N) is 2. The number of hydrogen-bond acceptors (Lipinski definition) is 11. The summed E-state index contributed by atoms with van der Waals surface area (Å²) in [5.41, 5.74) is 3.83. The first kappa shape index (κ1) is 35.6. The Labute approximate surface area is 297 Å². The zero-order valence-corrected chi connectivity index (χ0v) is 29.1. The Balaban J connectivity index is 1.29. The van der Waals surface area contributed by atoms with Crippen LogP contribution in [0.4, 0.5) is 5.82 Å². The lowest BCUT2D eigenvalue weighted by Crippen LogP contribution is -2.39. The van der Waals surface area contributed by atoms with Crippen molar-refractivity contribution in [2.45, 2.75) is 43.0 Å². The maximum atomic E-state index is 11.8. The van der Waals surface area contributed by atoms with Crippen molar-refractivity contribution >= 4 is 52.4 Å². The number of aliphatic carboxylic acids is 1. The molecule has 0 radical (unpaired) electrons. The number of carboxylic acids is 1. The van der Waals surface area contributed by atoms with Gasteiger partial charge in [-0.25, -0.2) is 9.97 Å². The maximum absolute atomic E-state index is 11.8. The van der Waals surface area contributed by atoms with Crippen LogP contribution in [0.1, 0.15) is 43.0 Å². The molecule has 4 aromatic rings. The van der Waals surface area contributed by atoms with Gasteiger partial charge in [0.2, 0.25) is 5.91 Å². The zero-order chi connectivity index (χ0) is 34.8. The van der Waals surface area contributed by atoms with Gasteiger partial charge >= 0.3 is 5.97 Å². The van der Waals surface area contributed by atoms with Crippen LogP contribution < -0.4 is 20.3 Å². The van der Waals surface area contributed by atoms with Gasteiger partial charge in [0, 0.05) is 59.9 Å². The molecule has 1 amide bonds. The van der Waals surface area contributed by atoms with Crippen LogP contribution in [0, 0.1) is 22.7 Å². The van der Waals surface area contributed by atoms with E-state index in [1.54, 1.807) is 23.5 Å². The van der Waals surface area contributed by atoms with E-state index in [0.29, 0.717) is 69.3 Å². The number of pyridine rings is 1. The summed E-state index contributed by atoms with van der Waals surface area (Å²) < 4.78 is 5.86. The Morgan fingerprint density at radius 3 is 2.41 bits per heavy atom. The van der Waals surface area contributed by atoms with Gasteiger partial charge in [0.1, 0.15) is 52.0 Å². The summed E-state index contributed by atoms with van der Waals surface area (Å²) in [6.07, 6.45) is 2.16. The number of amides is 1. The van der Waals surface area contributed by atoms with E-state index < -0.39 is 12.0 Å². The number of nitrogens with zero attached hydrogens (tertiary/aromatic N) is 5. The van der Waals surface area contributed by atoms with Crippen LogP contribution in [0.5, 0.6) is 5.75 Å². The fourth-order valence-electron chi connectivity index (χ4n) is 5.21. The molecule has 1 aliphatic heterocycles. The van der Waals surface area contributed by atoms with Gasteiger partial charge in [-0.1, -0.05) is 47.6 Å². The summed E-state index contributed by atoms with van der Waals surface area (Å²) >= 11 is 9.03. The molecule has 0 aliphatic carbocycles. The van der Waals surface area contributed by atoms with E-state index in [1.165, 1.54) is 18.7 Å². The van der Waals surface area contributed by atoms with Gasteiger partial charge in [0.25, 0.3) is 0 Å². The lowest BCUT2D eigenvalue weighted by Gasteiger charge is -2.22. The zero-order valence-electron chi connectivity index (χ0n) is 26.7. The van der Waals surface area contributed by atoms with Crippen molar-refractivity contribution in [3.05, 3.63) is 75.8 Å². The lowest BCUT2D eigenvalue weighted by atomic mass is 9.96. The Bertz CT molecular complexity index is 1860. The average molecular weight is 716 g/mol. The fraction of sp³-hybridized carbons (Fsp3) is 0.314. The van der Waals surface area contributed by atoms with Crippen molar-refractivity contribution in [1.82, 2.24) is 20.6 Å². The van der Waals surface area contributed by atoms with Crippen molar-refractivity contribution in [2.75, 3.05) is 37.7 Å². The van der Waals surface area contributed by atoms with E-state index in [0.717, 1.165) is 42.2 Å². The molecule has 49 heavy (non-hydrogen) atoms. The number of thiazole rings is 1. The molecule has 11 nitrogen and oxygen atoms in total. The minimum absolute atomic E-state index is 0.147. The van der Waals surface area contributed by atoms with E-state index in [9.17, 15) is 20.1 Å². The molecule has 0 unspecified atom stereocenters. The Hall–Kier alpha value is -4.66. The molecule has 1 aliphatic rings. The number of halogens is 1. The number of carboxylic acid groups (broad SMARTS) is 1. The molecule has 14 heteroatoms. The van der Waals surface area contributed by atoms with Gasteiger partial charge < -0.3 is 25.4 Å². The number of nitriles is 2. The van der Waals surface area contributed by atoms with E-state index >= 15 is 0 Å². The molecular weight excluding hydrogens is 682 g/mol. The van der Waals surface area contributed by atoms with Crippen LogP contribution in [-0.2, 0) is 15.3 Å². The molecule has 0 bridgehead atoms. The van der Waals surface area contributed by atoms with Crippen LogP contribution in [0.3, 0.4) is 0 Å². The van der Waals surface area contributed by atoms with Crippen LogP contribution in [0.25, 0.3) is 21.7 Å². The SMILES string of the molecule is C[C@H](NC(=O)CCNCCOc1ccc(-c2c(C#N)c(SCc3csc(-c4ccc(Cl)cc4)n3)nc(N3CCCC3)c2C#N)cc1)C(=O)O. The number of carbonyl (C=O) groups excluding carboxylic acids is 1. The van der Waals surface area contributed by atoms with Crippen molar-refractivity contribution in [2.24, 2.45) is 0 Å². The van der Waals surface area contributed by atoms with Crippen LogP contribution in [0.15, 0.2) is 58.9 Å². The summed E-state index contributed by atoms with van der Waals surface area (Å²) in [5, 5.41) is 39.3. The highest BCUT2D eigenvalue weighted by Gasteiger charge is 2.26. The molecule has 1 fully saturated rings. The summed E-state index contributed by atoms with van der Waals surface area (Å²) in [5.74, 6) is 0.279. The minimum atomic E-state index is -1.08. The van der Waals surface area contributed by atoms with E-state index in [2.05, 4.69) is 27.7 Å².